The summed E-state index contributed by atoms with van der Waals surface area (Å²) in [5.74, 6) is 0.119. The second-order valence-corrected chi connectivity index (χ2v) is 3.21. The Kier molecular flexibility index (Phi) is 2.39. The fourth-order valence-electron chi connectivity index (χ4n) is 1.37. The topological polar surface area (TPSA) is 105 Å². The van der Waals surface area contributed by atoms with Crippen LogP contribution in [-0.4, -0.2) is 36.0 Å². The summed E-state index contributed by atoms with van der Waals surface area (Å²) < 4.78 is 9.60. The number of carbonyl (C=O) groups excluding carboxylic acids is 1. The molecule has 1 saturated heterocycles. The van der Waals surface area contributed by atoms with Crippen LogP contribution in [0.5, 0.6) is 0 Å². The second kappa shape index (κ2) is 3.72. The third-order valence-electron chi connectivity index (χ3n) is 2.21. The van der Waals surface area contributed by atoms with Crippen LogP contribution in [0, 0.1) is 0 Å². The van der Waals surface area contributed by atoms with E-state index in [1.807, 2.05) is 0 Å². The van der Waals surface area contributed by atoms with Crippen molar-refractivity contribution in [2.24, 2.45) is 0 Å². The van der Waals surface area contributed by atoms with E-state index in [2.05, 4.69) is 10.5 Å². The maximum absolute atomic E-state index is 10.8. The number of nitrogens with one attached hydrogen (secondary N) is 1. The number of carbonyl (C=O) groups is 2. The zero-order valence-corrected chi connectivity index (χ0v) is 8.34. The quantitative estimate of drug-likeness (QED) is 0.765. The standard InChI is InChI=1S/C8H9N3O5/c1-11(8(13)14)6-4(3-15-10-6)5-2-9-7(12)16-5/h3,5H,2H2,1H3,(H,9,12)(H,13,14). The fourth-order valence-corrected chi connectivity index (χ4v) is 1.37. The Morgan fingerprint density at radius 3 is 3.06 bits per heavy atom. The van der Waals surface area contributed by atoms with Gasteiger partial charge in [-0.3, -0.25) is 4.90 Å². The highest BCUT2D eigenvalue weighted by Gasteiger charge is 2.31. The summed E-state index contributed by atoms with van der Waals surface area (Å²) in [4.78, 5) is 22.5. The molecule has 0 radical (unpaired) electrons. The first-order valence-corrected chi connectivity index (χ1v) is 4.45. The summed E-state index contributed by atoms with van der Waals surface area (Å²) in [6.07, 6.45) is -1.03. The third-order valence-corrected chi connectivity index (χ3v) is 2.21. The Labute approximate surface area is 89.8 Å². The van der Waals surface area contributed by atoms with E-state index in [0.29, 0.717) is 5.56 Å². The van der Waals surface area contributed by atoms with Crippen LogP contribution in [0.2, 0.25) is 0 Å². The highest BCUT2D eigenvalue weighted by molar-refractivity contribution is 5.85. The second-order valence-electron chi connectivity index (χ2n) is 3.21. The van der Waals surface area contributed by atoms with Gasteiger partial charge in [0.15, 0.2) is 11.9 Å². The Hall–Kier alpha value is -2.25. The summed E-state index contributed by atoms with van der Waals surface area (Å²) in [6, 6.07) is 0. The molecule has 86 valence electrons. The van der Waals surface area contributed by atoms with Crippen molar-refractivity contribution in [2.75, 3.05) is 18.5 Å². The van der Waals surface area contributed by atoms with Crippen molar-refractivity contribution < 1.29 is 24.0 Å². The molecule has 1 aliphatic rings. The van der Waals surface area contributed by atoms with Gasteiger partial charge in [0.25, 0.3) is 0 Å². The Bertz CT molecular complexity index is 429. The zero-order chi connectivity index (χ0) is 11.7. The lowest BCUT2D eigenvalue weighted by molar-refractivity contribution is 0.141. The van der Waals surface area contributed by atoms with Crippen molar-refractivity contribution in [3.05, 3.63) is 11.8 Å². The van der Waals surface area contributed by atoms with Crippen LogP contribution in [0.15, 0.2) is 10.8 Å². The lowest BCUT2D eigenvalue weighted by atomic mass is 10.2. The molecule has 1 aromatic heterocycles. The van der Waals surface area contributed by atoms with E-state index in [4.69, 9.17) is 14.4 Å². The van der Waals surface area contributed by atoms with Crippen LogP contribution < -0.4 is 10.2 Å². The number of aromatic nitrogens is 1. The van der Waals surface area contributed by atoms with Crippen molar-refractivity contribution in [2.45, 2.75) is 6.10 Å². The molecule has 0 saturated carbocycles. The number of carboxylic acid groups (broad SMARTS) is 1. The lowest BCUT2D eigenvalue weighted by Gasteiger charge is -2.12. The molecule has 2 N–H and O–H groups in total. The summed E-state index contributed by atoms with van der Waals surface area (Å²) >= 11 is 0. The third kappa shape index (κ3) is 1.64. The van der Waals surface area contributed by atoms with Crippen LogP contribution in [0.25, 0.3) is 0 Å². The monoisotopic (exact) mass is 227 g/mol. The van der Waals surface area contributed by atoms with Crippen LogP contribution in [0.4, 0.5) is 15.4 Å². The van der Waals surface area contributed by atoms with E-state index in [1.165, 1.54) is 13.3 Å². The summed E-state index contributed by atoms with van der Waals surface area (Å²) in [5, 5.41) is 14.8. The van der Waals surface area contributed by atoms with Crippen molar-refractivity contribution in [1.82, 2.24) is 10.5 Å². The predicted octanol–water partition coefficient (Wildman–Crippen LogP) is 0.570. The van der Waals surface area contributed by atoms with E-state index < -0.39 is 18.3 Å². The molecule has 0 aliphatic carbocycles. The number of rotatable bonds is 2. The van der Waals surface area contributed by atoms with Crippen molar-refractivity contribution in [1.29, 1.82) is 0 Å². The van der Waals surface area contributed by atoms with Crippen molar-refractivity contribution in [3.8, 4) is 0 Å². The normalized spacial score (nSPS) is 19.1. The van der Waals surface area contributed by atoms with Crippen molar-refractivity contribution in [3.63, 3.8) is 0 Å². The predicted molar refractivity (Wildman–Crippen MR) is 50.2 cm³/mol. The molecule has 8 heteroatoms. The number of ether oxygens (including phenoxy) is 1. The van der Waals surface area contributed by atoms with E-state index in [0.717, 1.165) is 4.90 Å². The largest absolute Gasteiger partial charge is 0.465 e. The van der Waals surface area contributed by atoms with E-state index >= 15 is 0 Å². The average molecular weight is 227 g/mol. The van der Waals surface area contributed by atoms with Gasteiger partial charge in [-0.15, -0.1) is 0 Å². The van der Waals surface area contributed by atoms with Gasteiger partial charge in [-0.25, -0.2) is 9.59 Å². The van der Waals surface area contributed by atoms with E-state index in [1.54, 1.807) is 0 Å². The van der Waals surface area contributed by atoms with Crippen LogP contribution >= 0.6 is 0 Å². The number of hydrogen-bond donors (Lipinski definition) is 2. The number of hydrogen-bond acceptors (Lipinski definition) is 5. The zero-order valence-electron chi connectivity index (χ0n) is 8.34. The van der Waals surface area contributed by atoms with E-state index in [-0.39, 0.29) is 12.4 Å². The van der Waals surface area contributed by atoms with Gasteiger partial charge in [0.2, 0.25) is 0 Å². The number of anilines is 1. The molecule has 2 rings (SSSR count). The molecule has 1 atom stereocenters. The van der Waals surface area contributed by atoms with Crippen molar-refractivity contribution >= 4 is 18.0 Å². The number of alkyl carbamates (subject to hydrolysis) is 1. The van der Waals surface area contributed by atoms with Gasteiger partial charge < -0.3 is 19.7 Å². The molecule has 0 spiro atoms. The Balaban J connectivity index is 2.25. The maximum atomic E-state index is 10.8. The Morgan fingerprint density at radius 1 is 1.75 bits per heavy atom. The first-order chi connectivity index (χ1) is 7.59. The smallest absolute Gasteiger partial charge is 0.412 e. The number of nitrogens with zero attached hydrogens (tertiary/aromatic N) is 2. The number of cyclic esters (lactones) is 1. The molecule has 2 amide bonds. The molecule has 1 aliphatic heterocycles. The number of amides is 2. The van der Waals surface area contributed by atoms with Gasteiger partial charge in [0.1, 0.15) is 6.26 Å². The molecule has 1 fully saturated rings. The summed E-state index contributed by atoms with van der Waals surface area (Å²) in [6.45, 7) is 0.264. The highest BCUT2D eigenvalue weighted by Crippen LogP contribution is 2.28. The maximum Gasteiger partial charge on any atom is 0.412 e. The van der Waals surface area contributed by atoms with Gasteiger partial charge in [-0.1, -0.05) is 5.16 Å². The summed E-state index contributed by atoms with van der Waals surface area (Å²) in [5.41, 5.74) is 0.420. The molecular formula is C8H9N3O5. The molecule has 0 aromatic carbocycles. The minimum atomic E-state index is -1.17. The van der Waals surface area contributed by atoms with Gasteiger partial charge in [-0.2, -0.15) is 0 Å². The van der Waals surface area contributed by atoms with Crippen LogP contribution in [0.1, 0.15) is 11.7 Å². The Morgan fingerprint density at radius 2 is 2.50 bits per heavy atom. The summed E-state index contributed by atoms with van der Waals surface area (Å²) in [7, 11) is 1.33. The van der Waals surface area contributed by atoms with Gasteiger partial charge >= 0.3 is 12.2 Å². The molecular weight excluding hydrogens is 218 g/mol. The molecule has 1 unspecified atom stereocenters. The van der Waals surface area contributed by atoms with Crippen LogP contribution in [-0.2, 0) is 4.74 Å². The minimum Gasteiger partial charge on any atom is -0.465 e. The lowest BCUT2D eigenvalue weighted by Crippen LogP contribution is -2.25. The fraction of sp³-hybridized carbons (Fsp3) is 0.375. The van der Waals surface area contributed by atoms with E-state index in [9.17, 15) is 9.59 Å². The van der Waals surface area contributed by atoms with Crippen LogP contribution in [0.3, 0.4) is 0 Å². The first kappa shape index (κ1) is 10.3. The average Bonchev–Trinajstić information content (AvgIpc) is 2.83. The minimum absolute atomic E-state index is 0.119. The van der Waals surface area contributed by atoms with Gasteiger partial charge in [0, 0.05) is 7.05 Å². The van der Waals surface area contributed by atoms with Gasteiger partial charge in [0.05, 0.1) is 12.1 Å². The molecule has 1 aromatic rings. The first-order valence-electron chi connectivity index (χ1n) is 4.45. The highest BCUT2D eigenvalue weighted by atomic mass is 16.6. The van der Waals surface area contributed by atoms with Gasteiger partial charge in [-0.05, 0) is 0 Å². The molecule has 8 nitrogen and oxygen atoms in total. The molecule has 2 heterocycles. The molecule has 0 bridgehead atoms. The molecule has 16 heavy (non-hydrogen) atoms. The SMILES string of the molecule is CN(C(=O)O)c1nocc1C1CNC(=O)O1.